The fraction of sp³-hybridized carbons (Fsp3) is 0.316. The summed E-state index contributed by atoms with van der Waals surface area (Å²) in [5, 5.41) is 2.71. The second-order valence-corrected chi connectivity index (χ2v) is 6.67. The molecule has 0 bridgehead atoms. The van der Waals surface area contributed by atoms with Crippen molar-refractivity contribution in [1.29, 1.82) is 0 Å². The molecule has 1 amide bonds. The zero-order valence-electron chi connectivity index (χ0n) is 13.5. The second kappa shape index (κ2) is 6.05. The molecule has 0 saturated heterocycles. The van der Waals surface area contributed by atoms with Crippen LogP contribution in [0.1, 0.15) is 30.9 Å². The van der Waals surface area contributed by atoms with E-state index in [4.69, 9.17) is 10.5 Å². The maximum atomic E-state index is 11.9. The third-order valence-electron chi connectivity index (χ3n) is 4.03. The SMILES string of the molecule is CC(C)(N)CNC(=O)OCC1c2ccccc2-c2ccccc21. The highest BCUT2D eigenvalue weighted by Crippen LogP contribution is 2.44. The molecule has 0 spiro atoms. The Bertz CT molecular complexity index is 674. The molecule has 1 aliphatic carbocycles. The number of alkyl carbamates (subject to hydrolysis) is 1. The van der Waals surface area contributed by atoms with Gasteiger partial charge in [-0.1, -0.05) is 48.5 Å². The molecule has 3 N–H and O–H groups in total. The topological polar surface area (TPSA) is 64.3 Å². The quantitative estimate of drug-likeness (QED) is 0.911. The first-order valence-corrected chi connectivity index (χ1v) is 7.83. The fourth-order valence-electron chi connectivity index (χ4n) is 2.95. The first kappa shape index (κ1) is 15.6. The summed E-state index contributed by atoms with van der Waals surface area (Å²) in [6.45, 7) is 4.42. The molecule has 4 heteroatoms. The Balaban J connectivity index is 1.72. The molecule has 120 valence electrons. The molecule has 0 fully saturated rings. The maximum Gasteiger partial charge on any atom is 0.407 e. The Hall–Kier alpha value is -2.33. The van der Waals surface area contributed by atoms with Gasteiger partial charge in [-0.05, 0) is 36.1 Å². The van der Waals surface area contributed by atoms with Gasteiger partial charge in [0, 0.05) is 18.0 Å². The van der Waals surface area contributed by atoms with Gasteiger partial charge < -0.3 is 15.8 Å². The largest absolute Gasteiger partial charge is 0.449 e. The number of benzene rings is 2. The Kier molecular flexibility index (Phi) is 4.09. The molecular formula is C19H22N2O2. The highest BCUT2D eigenvalue weighted by molar-refractivity contribution is 5.79. The number of carbonyl (C=O) groups is 1. The lowest BCUT2D eigenvalue weighted by Gasteiger charge is -2.19. The van der Waals surface area contributed by atoms with Crippen LogP contribution in [-0.2, 0) is 4.74 Å². The van der Waals surface area contributed by atoms with Crippen LogP contribution >= 0.6 is 0 Å². The van der Waals surface area contributed by atoms with Crippen molar-refractivity contribution < 1.29 is 9.53 Å². The van der Waals surface area contributed by atoms with Crippen LogP contribution in [0.3, 0.4) is 0 Å². The lowest BCUT2D eigenvalue weighted by Crippen LogP contribution is -2.45. The van der Waals surface area contributed by atoms with Crippen molar-refractivity contribution in [3.05, 3.63) is 59.7 Å². The van der Waals surface area contributed by atoms with Gasteiger partial charge in [-0.25, -0.2) is 4.79 Å². The third kappa shape index (κ3) is 3.37. The number of ether oxygens (including phenoxy) is 1. The van der Waals surface area contributed by atoms with E-state index >= 15 is 0 Å². The molecule has 0 aromatic heterocycles. The lowest BCUT2D eigenvalue weighted by molar-refractivity contribution is 0.141. The summed E-state index contributed by atoms with van der Waals surface area (Å²) in [6.07, 6.45) is -0.426. The second-order valence-electron chi connectivity index (χ2n) is 6.67. The summed E-state index contributed by atoms with van der Waals surface area (Å²) >= 11 is 0. The number of nitrogens with one attached hydrogen (secondary N) is 1. The smallest absolute Gasteiger partial charge is 0.407 e. The van der Waals surface area contributed by atoms with Gasteiger partial charge in [-0.2, -0.15) is 0 Å². The number of fused-ring (bicyclic) bond motifs is 3. The Morgan fingerprint density at radius 2 is 1.61 bits per heavy atom. The standard InChI is InChI=1S/C19H22N2O2/c1-19(2,20)12-21-18(22)23-11-17-15-9-5-3-7-13(15)14-8-4-6-10-16(14)17/h3-10,17H,11-12,20H2,1-2H3,(H,21,22). The average molecular weight is 310 g/mol. The van der Waals surface area contributed by atoms with Crippen LogP contribution < -0.4 is 11.1 Å². The molecule has 23 heavy (non-hydrogen) atoms. The first-order chi connectivity index (χ1) is 11.0. The van der Waals surface area contributed by atoms with Gasteiger partial charge in [0.25, 0.3) is 0 Å². The number of rotatable bonds is 4. The van der Waals surface area contributed by atoms with E-state index in [0.29, 0.717) is 13.2 Å². The van der Waals surface area contributed by atoms with Crippen LogP contribution in [0.4, 0.5) is 4.79 Å². The van der Waals surface area contributed by atoms with E-state index < -0.39 is 11.6 Å². The molecule has 0 radical (unpaired) electrons. The van der Waals surface area contributed by atoms with E-state index in [-0.39, 0.29) is 5.92 Å². The van der Waals surface area contributed by atoms with Crippen molar-refractivity contribution in [2.75, 3.05) is 13.2 Å². The Morgan fingerprint density at radius 1 is 1.09 bits per heavy atom. The van der Waals surface area contributed by atoms with E-state index in [1.807, 2.05) is 38.1 Å². The summed E-state index contributed by atoms with van der Waals surface area (Å²) in [5.41, 5.74) is 10.3. The molecular weight excluding hydrogens is 288 g/mol. The van der Waals surface area contributed by atoms with Crippen LogP contribution in [0, 0.1) is 0 Å². The van der Waals surface area contributed by atoms with E-state index in [2.05, 4.69) is 29.6 Å². The molecule has 0 heterocycles. The Labute approximate surface area is 136 Å². The van der Waals surface area contributed by atoms with Crippen molar-refractivity contribution in [1.82, 2.24) is 5.32 Å². The van der Waals surface area contributed by atoms with Gasteiger partial charge in [0.1, 0.15) is 6.61 Å². The summed E-state index contributed by atoms with van der Waals surface area (Å²) in [6, 6.07) is 16.6. The molecule has 1 aliphatic rings. The zero-order valence-corrected chi connectivity index (χ0v) is 13.5. The summed E-state index contributed by atoms with van der Waals surface area (Å²) in [7, 11) is 0. The molecule has 2 aromatic rings. The van der Waals surface area contributed by atoms with Crippen LogP contribution in [0.15, 0.2) is 48.5 Å². The lowest BCUT2D eigenvalue weighted by atomic mass is 9.98. The van der Waals surface area contributed by atoms with Crippen molar-refractivity contribution in [3.63, 3.8) is 0 Å². The van der Waals surface area contributed by atoms with Crippen LogP contribution in [-0.4, -0.2) is 24.8 Å². The normalized spacial score (nSPS) is 13.3. The molecule has 3 rings (SSSR count). The highest BCUT2D eigenvalue weighted by Gasteiger charge is 2.29. The van der Waals surface area contributed by atoms with Crippen LogP contribution in [0.5, 0.6) is 0 Å². The van der Waals surface area contributed by atoms with Crippen LogP contribution in [0.2, 0.25) is 0 Å². The van der Waals surface area contributed by atoms with Crippen molar-refractivity contribution in [3.8, 4) is 11.1 Å². The minimum absolute atomic E-state index is 0.0824. The minimum Gasteiger partial charge on any atom is -0.449 e. The number of nitrogens with two attached hydrogens (primary N) is 1. The van der Waals surface area contributed by atoms with Gasteiger partial charge in [-0.15, -0.1) is 0 Å². The molecule has 0 aliphatic heterocycles. The molecule has 0 unspecified atom stereocenters. The van der Waals surface area contributed by atoms with Crippen molar-refractivity contribution >= 4 is 6.09 Å². The highest BCUT2D eigenvalue weighted by atomic mass is 16.5. The third-order valence-corrected chi connectivity index (χ3v) is 4.03. The first-order valence-electron chi connectivity index (χ1n) is 7.83. The average Bonchev–Trinajstić information content (AvgIpc) is 2.84. The summed E-state index contributed by atoms with van der Waals surface area (Å²) < 4.78 is 5.43. The monoisotopic (exact) mass is 310 g/mol. The van der Waals surface area contributed by atoms with E-state index in [1.165, 1.54) is 22.3 Å². The maximum absolute atomic E-state index is 11.9. The van der Waals surface area contributed by atoms with E-state index in [0.717, 1.165) is 0 Å². The Morgan fingerprint density at radius 3 is 2.13 bits per heavy atom. The van der Waals surface area contributed by atoms with Crippen molar-refractivity contribution in [2.24, 2.45) is 5.73 Å². The fourth-order valence-corrected chi connectivity index (χ4v) is 2.95. The van der Waals surface area contributed by atoms with E-state index in [1.54, 1.807) is 0 Å². The van der Waals surface area contributed by atoms with E-state index in [9.17, 15) is 4.79 Å². The van der Waals surface area contributed by atoms with Gasteiger partial charge in [0.05, 0.1) is 0 Å². The van der Waals surface area contributed by atoms with Gasteiger partial charge >= 0.3 is 6.09 Å². The predicted molar refractivity (Wildman–Crippen MR) is 91.3 cm³/mol. The van der Waals surface area contributed by atoms with Crippen LogP contribution in [0.25, 0.3) is 11.1 Å². The summed E-state index contributed by atoms with van der Waals surface area (Å²) in [5.74, 6) is 0.0824. The molecule has 2 aromatic carbocycles. The van der Waals surface area contributed by atoms with Crippen molar-refractivity contribution in [2.45, 2.75) is 25.3 Å². The van der Waals surface area contributed by atoms with Gasteiger partial charge in [0.2, 0.25) is 0 Å². The van der Waals surface area contributed by atoms with Gasteiger partial charge in [0.15, 0.2) is 0 Å². The number of carbonyl (C=O) groups excluding carboxylic acids is 1. The zero-order chi connectivity index (χ0) is 16.4. The molecule has 4 nitrogen and oxygen atoms in total. The molecule has 0 atom stereocenters. The molecule has 0 saturated carbocycles. The van der Waals surface area contributed by atoms with Gasteiger partial charge in [-0.3, -0.25) is 0 Å². The minimum atomic E-state index is -0.453. The number of hydrogen-bond donors (Lipinski definition) is 2. The summed E-state index contributed by atoms with van der Waals surface area (Å²) in [4.78, 5) is 11.9. The number of amides is 1. The predicted octanol–water partition coefficient (Wildman–Crippen LogP) is 3.26. The number of hydrogen-bond acceptors (Lipinski definition) is 3.